The van der Waals surface area contributed by atoms with Gasteiger partial charge in [0.2, 0.25) is 0 Å². The Morgan fingerprint density at radius 1 is 1.23 bits per heavy atom. The Morgan fingerprint density at radius 2 is 1.92 bits per heavy atom. The number of Topliss-reactive ketones (excluding diaryl/α,β-unsaturated/α-hetero) is 1. The topological polar surface area (TPSA) is 89.1 Å². The van der Waals surface area contributed by atoms with Crippen molar-refractivity contribution < 1.29 is 14.3 Å². The zero-order valence-corrected chi connectivity index (χ0v) is 15.8. The molecular formula is C19H22N2O4S. The highest BCUT2D eigenvalue weighted by Gasteiger charge is 2.41. The van der Waals surface area contributed by atoms with Crippen LogP contribution in [0.3, 0.4) is 0 Å². The number of rotatable bonds is 3. The van der Waals surface area contributed by atoms with Crippen LogP contribution in [-0.2, 0) is 20.9 Å². The SMILES string of the molecule is Cc1sc2nc(COC(=O)C3CC4CCCC(C3)C4=O)[nH]c(=O)c2c1C. The van der Waals surface area contributed by atoms with Gasteiger partial charge in [-0.1, -0.05) is 6.42 Å². The van der Waals surface area contributed by atoms with E-state index in [1.807, 2.05) is 13.8 Å². The number of ether oxygens (including phenoxy) is 1. The van der Waals surface area contributed by atoms with E-state index >= 15 is 0 Å². The van der Waals surface area contributed by atoms with Gasteiger partial charge in [0.05, 0.1) is 11.3 Å². The summed E-state index contributed by atoms with van der Waals surface area (Å²) in [4.78, 5) is 45.8. The van der Waals surface area contributed by atoms with Gasteiger partial charge in [0.15, 0.2) is 0 Å². The van der Waals surface area contributed by atoms with Gasteiger partial charge in [0, 0.05) is 16.7 Å². The van der Waals surface area contributed by atoms with Crippen molar-refractivity contribution in [3.63, 3.8) is 0 Å². The third-order valence-corrected chi connectivity index (χ3v) is 6.92. The lowest BCUT2D eigenvalue weighted by Gasteiger charge is -2.36. The first-order valence-electron chi connectivity index (χ1n) is 9.13. The minimum Gasteiger partial charge on any atom is -0.457 e. The lowest BCUT2D eigenvalue weighted by molar-refractivity contribution is -0.155. The number of fused-ring (bicyclic) bond motifs is 3. The summed E-state index contributed by atoms with van der Waals surface area (Å²) in [6.07, 6.45) is 4.05. The molecule has 2 saturated carbocycles. The molecule has 2 aromatic rings. The maximum atomic E-state index is 12.5. The predicted octanol–water partition coefficient (Wildman–Crippen LogP) is 3.04. The second-order valence-electron chi connectivity index (χ2n) is 7.48. The van der Waals surface area contributed by atoms with Crippen molar-refractivity contribution >= 4 is 33.3 Å². The largest absolute Gasteiger partial charge is 0.457 e. The number of hydrogen-bond acceptors (Lipinski definition) is 6. The summed E-state index contributed by atoms with van der Waals surface area (Å²) in [5.41, 5.74) is 0.751. The van der Waals surface area contributed by atoms with Gasteiger partial charge in [-0.2, -0.15) is 0 Å². The van der Waals surface area contributed by atoms with E-state index in [2.05, 4.69) is 9.97 Å². The average molecular weight is 374 g/mol. The number of esters is 1. The van der Waals surface area contributed by atoms with Crippen molar-refractivity contribution in [1.29, 1.82) is 0 Å². The van der Waals surface area contributed by atoms with Gasteiger partial charge in [0.1, 0.15) is 23.0 Å². The summed E-state index contributed by atoms with van der Waals surface area (Å²) >= 11 is 1.47. The van der Waals surface area contributed by atoms with Gasteiger partial charge in [-0.05, 0) is 45.1 Å². The monoisotopic (exact) mass is 374 g/mol. The fraction of sp³-hybridized carbons (Fsp3) is 0.579. The second kappa shape index (κ2) is 6.61. The van der Waals surface area contributed by atoms with E-state index < -0.39 is 0 Å². The van der Waals surface area contributed by atoms with Gasteiger partial charge in [0.25, 0.3) is 5.56 Å². The van der Waals surface area contributed by atoms with Crippen LogP contribution in [0.15, 0.2) is 4.79 Å². The molecule has 4 rings (SSSR count). The lowest BCUT2D eigenvalue weighted by Crippen LogP contribution is -2.39. The number of thiophene rings is 1. The average Bonchev–Trinajstić information content (AvgIpc) is 2.87. The number of aromatic nitrogens is 2. The Bertz CT molecular complexity index is 929. The van der Waals surface area contributed by atoms with Crippen molar-refractivity contribution in [2.24, 2.45) is 17.8 Å². The molecule has 0 aliphatic heterocycles. The van der Waals surface area contributed by atoms with Crippen LogP contribution in [0.2, 0.25) is 0 Å². The summed E-state index contributed by atoms with van der Waals surface area (Å²) in [5, 5.41) is 0.612. The standard InChI is InChI=1S/C19H22N2O4S/c1-9-10(2)26-18-15(9)17(23)20-14(21-18)8-25-19(24)13-6-11-4-3-5-12(7-13)16(11)22/h11-13H,3-8H2,1-2H3,(H,20,21,23). The van der Waals surface area contributed by atoms with E-state index in [0.29, 0.717) is 34.7 Å². The zero-order valence-electron chi connectivity index (χ0n) is 15.0. The molecule has 26 heavy (non-hydrogen) atoms. The Kier molecular flexibility index (Phi) is 4.42. The molecule has 0 aromatic carbocycles. The molecule has 0 saturated heterocycles. The molecule has 2 fully saturated rings. The maximum Gasteiger partial charge on any atom is 0.309 e. The van der Waals surface area contributed by atoms with Crippen molar-refractivity contribution in [3.05, 3.63) is 26.6 Å². The van der Waals surface area contributed by atoms with E-state index in [4.69, 9.17) is 4.74 Å². The smallest absolute Gasteiger partial charge is 0.309 e. The number of H-pyrrole nitrogens is 1. The van der Waals surface area contributed by atoms with Gasteiger partial charge in [-0.3, -0.25) is 14.4 Å². The molecule has 1 N–H and O–H groups in total. The van der Waals surface area contributed by atoms with Gasteiger partial charge in [-0.15, -0.1) is 11.3 Å². The third-order valence-electron chi connectivity index (χ3n) is 5.82. The van der Waals surface area contributed by atoms with Crippen molar-refractivity contribution in [2.75, 3.05) is 0 Å². The summed E-state index contributed by atoms with van der Waals surface area (Å²) in [6, 6.07) is 0. The third kappa shape index (κ3) is 2.98. The first-order valence-corrected chi connectivity index (χ1v) is 9.95. The van der Waals surface area contributed by atoms with Crippen LogP contribution in [0.4, 0.5) is 0 Å². The van der Waals surface area contributed by atoms with E-state index in [9.17, 15) is 14.4 Å². The highest BCUT2D eigenvalue weighted by atomic mass is 32.1. The minimum absolute atomic E-state index is 0.0198. The Balaban J connectivity index is 1.46. The minimum atomic E-state index is -0.282. The maximum absolute atomic E-state index is 12.5. The zero-order chi connectivity index (χ0) is 18.4. The number of aromatic amines is 1. The fourth-order valence-corrected chi connectivity index (χ4v) is 5.35. The lowest BCUT2D eigenvalue weighted by atomic mass is 9.67. The first kappa shape index (κ1) is 17.4. The fourth-order valence-electron chi connectivity index (χ4n) is 4.30. The van der Waals surface area contributed by atoms with E-state index in [0.717, 1.165) is 29.7 Å². The van der Waals surface area contributed by atoms with Crippen molar-refractivity contribution in [2.45, 2.75) is 52.6 Å². The number of ketones is 1. The van der Waals surface area contributed by atoms with Crippen LogP contribution >= 0.6 is 11.3 Å². The second-order valence-corrected chi connectivity index (χ2v) is 8.68. The number of hydrogen-bond donors (Lipinski definition) is 1. The summed E-state index contributed by atoms with van der Waals surface area (Å²) in [5.74, 6) is 0.238. The van der Waals surface area contributed by atoms with Gasteiger partial charge < -0.3 is 9.72 Å². The molecule has 2 aliphatic rings. The number of nitrogens with zero attached hydrogens (tertiary/aromatic N) is 1. The molecule has 2 heterocycles. The van der Waals surface area contributed by atoms with Crippen LogP contribution in [0.25, 0.3) is 10.2 Å². The number of nitrogens with one attached hydrogen (secondary N) is 1. The molecule has 2 aromatic heterocycles. The van der Waals surface area contributed by atoms with E-state index in [1.165, 1.54) is 11.3 Å². The van der Waals surface area contributed by atoms with Crippen LogP contribution in [-0.4, -0.2) is 21.7 Å². The first-order chi connectivity index (χ1) is 12.4. The predicted molar refractivity (Wildman–Crippen MR) is 98.1 cm³/mol. The molecule has 0 amide bonds. The summed E-state index contributed by atoms with van der Waals surface area (Å²) in [7, 11) is 0. The summed E-state index contributed by atoms with van der Waals surface area (Å²) in [6.45, 7) is 3.83. The van der Waals surface area contributed by atoms with Gasteiger partial charge >= 0.3 is 5.97 Å². The van der Waals surface area contributed by atoms with E-state index in [1.54, 1.807) is 0 Å². The number of aryl methyl sites for hydroxylation is 2. The number of carbonyl (C=O) groups excluding carboxylic acids is 2. The van der Waals surface area contributed by atoms with E-state index in [-0.39, 0.29) is 35.9 Å². The number of carbonyl (C=O) groups is 2. The van der Waals surface area contributed by atoms with Crippen LogP contribution in [0.5, 0.6) is 0 Å². The quantitative estimate of drug-likeness (QED) is 0.834. The Hall–Kier alpha value is -2.02. The molecule has 2 aliphatic carbocycles. The van der Waals surface area contributed by atoms with Gasteiger partial charge in [-0.25, -0.2) is 4.98 Å². The molecule has 2 bridgehead atoms. The Labute approximate surface area is 155 Å². The molecule has 2 atom stereocenters. The molecule has 138 valence electrons. The van der Waals surface area contributed by atoms with Crippen molar-refractivity contribution in [3.8, 4) is 0 Å². The van der Waals surface area contributed by atoms with Crippen molar-refractivity contribution in [1.82, 2.24) is 9.97 Å². The van der Waals surface area contributed by atoms with Crippen LogP contribution in [0.1, 0.15) is 48.4 Å². The molecule has 7 heteroatoms. The molecular weight excluding hydrogens is 352 g/mol. The highest BCUT2D eigenvalue weighted by Crippen LogP contribution is 2.40. The summed E-state index contributed by atoms with van der Waals surface area (Å²) < 4.78 is 5.43. The Morgan fingerprint density at radius 3 is 2.62 bits per heavy atom. The molecule has 6 nitrogen and oxygen atoms in total. The normalized spacial score (nSPS) is 25.5. The molecule has 0 spiro atoms. The van der Waals surface area contributed by atoms with Crippen LogP contribution < -0.4 is 5.56 Å². The highest BCUT2D eigenvalue weighted by molar-refractivity contribution is 7.18. The molecule has 2 unspecified atom stereocenters. The van der Waals surface area contributed by atoms with Crippen LogP contribution in [0, 0.1) is 31.6 Å². The molecule has 0 radical (unpaired) electrons.